The lowest BCUT2D eigenvalue weighted by molar-refractivity contribution is -0.119. The lowest BCUT2D eigenvalue weighted by Crippen LogP contribution is -2.35. The van der Waals surface area contributed by atoms with Crippen LogP contribution in [-0.2, 0) is 14.3 Å². The quantitative estimate of drug-likeness (QED) is 0.386. The molecule has 0 aliphatic carbocycles. The molecule has 1 heterocycles. The standard InChI is InChI=1S/C19H23IN2O2S/c1-19(2,3)18(23)17(25(4,5)24)16(22-13-9-12-21-22)15(20)14-10-7-6-8-11-14/h6-13H,1-5H3/b16-15-. The Morgan fingerprint density at radius 2 is 1.72 bits per heavy atom. The lowest BCUT2D eigenvalue weighted by atomic mass is 9.88. The minimum atomic E-state index is -2.53. The molecule has 2 rings (SSSR count). The van der Waals surface area contributed by atoms with Gasteiger partial charge in [-0.3, -0.25) is 9.00 Å². The molecule has 1 aromatic heterocycles. The van der Waals surface area contributed by atoms with E-state index in [1.807, 2.05) is 51.1 Å². The van der Waals surface area contributed by atoms with E-state index in [2.05, 4.69) is 27.7 Å². The van der Waals surface area contributed by atoms with E-state index in [1.54, 1.807) is 35.7 Å². The monoisotopic (exact) mass is 470 g/mol. The third-order valence-electron chi connectivity index (χ3n) is 3.56. The Morgan fingerprint density at radius 3 is 2.16 bits per heavy atom. The van der Waals surface area contributed by atoms with E-state index in [1.165, 1.54) is 0 Å². The van der Waals surface area contributed by atoms with Crippen LogP contribution in [0.15, 0.2) is 48.8 Å². The van der Waals surface area contributed by atoms with Gasteiger partial charge in [-0.15, -0.1) is 0 Å². The van der Waals surface area contributed by atoms with E-state index in [9.17, 15) is 9.00 Å². The van der Waals surface area contributed by atoms with E-state index < -0.39 is 14.9 Å². The van der Waals surface area contributed by atoms with Gasteiger partial charge in [0.25, 0.3) is 0 Å². The van der Waals surface area contributed by atoms with Crippen LogP contribution in [0.25, 0.3) is 9.28 Å². The molecule has 0 aliphatic heterocycles. The number of carbonyl (C=O) groups excluding carboxylic acids is 1. The summed E-state index contributed by atoms with van der Waals surface area (Å²) in [6, 6.07) is 11.6. The van der Waals surface area contributed by atoms with Crippen molar-refractivity contribution in [1.29, 1.82) is 0 Å². The van der Waals surface area contributed by atoms with Crippen molar-refractivity contribution in [3.63, 3.8) is 0 Å². The summed E-state index contributed by atoms with van der Waals surface area (Å²) in [6.07, 6.45) is 6.66. The zero-order valence-electron chi connectivity index (χ0n) is 15.1. The maximum Gasteiger partial charge on any atom is 0.178 e. The molecule has 0 N–H and O–H groups in total. The van der Waals surface area contributed by atoms with Crippen molar-refractivity contribution in [2.24, 2.45) is 5.41 Å². The Labute approximate surface area is 163 Å². The van der Waals surface area contributed by atoms with E-state index in [0.29, 0.717) is 10.6 Å². The second kappa shape index (κ2) is 7.45. The summed E-state index contributed by atoms with van der Waals surface area (Å²) in [4.78, 5) is 13.5. The second-order valence-corrected chi connectivity index (χ2v) is 11.1. The molecule has 0 aliphatic rings. The molecule has 0 saturated carbocycles. The van der Waals surface area contributed by atoms with Gasteiger partial charge < -0.3 is 0 Å². The van der Waals surface area contributed by atoms with Gasteiger partial charge in [-0.05, 0) is 43.7 Å². The predicted octanol–water partition coefficient (Wildman–Crippen LogP) is 3.98. The number of hydrogen-bond acceptors (Lipinski definition) is 3. The second-order valence-electron chi connectivity index (χ2n) is 7.12. The van der Waals surface area contributed by atoms with Crippen molar-refractivity contribution in [3.05, 3.63) is 54.4 Å². The van der Waals surface area contributed by atoms with Gasteiger partial charge in [0.2, 0.25) is 0 Å². The Hall–Kier alpha value is -1.41. The Kier molecular flexibility index (Phi) is 5.93. The molecule has 2 aromatic rings. The number of carbonyl (C=O) groups is 1. The first-order valence-corrected chi connectivity index (χ1v) is 11.3. The molecule has 0 radical (unpaired) electrons. The highest BCUT2D eigenvalue weighted by molar-refractivity contribution is 14.1. The molecule has 6 heteroatoms. The third kappa shape index (κ3) is 4.61. The molecule has 0 atom stereocenters. The van der Waals surface area contributed by atoms with Gasteiger partial charge in [-0.1, -0.05) is 51.1 Å². The molecule has 4 nitrogen and oxygen atoms in total. The van der Waals surface area contributed by atoms with Crippen LogP contribution < -0.4 is 0 Å². The molecule has 134 valence electrons. The average Bonchev–Trinajstić information content (AvgIpc) is 3.04. The van der Waals surface area contributed by atoms with Crippen molar-refractivity contribution >= 4 is 52.0 Å². The highest BCUT2D eigenvalue weighted by Crippen LogP contribution is 2.32. The van der Waals surface area contributed by atoms with Gasteiger partial charge in [0.15, 0.2) is 5.78 Å². The SMILES string of the molecule is CC(C)(C)C(=O)C(/C(=C(/I)c1ccccc1)n1cccn1)=S(C)(C)=O. The summed E-state index contributed by atoms with van der Waals surface area (Å²) < 4.78 is 15.6. The van der Waals surface area contributed by atoms with E-state index in [4.69, 9.17) is 0 Å². The molecule has 0 saturated heterocycles. The molecule has 0 amide bonds. The Morgan fingerprint density at radius 1 is 1.12 bits per heavy atom. The first kappa shape index (κ1) is 19.9. The highest BCUT2D eigenvalue weighted by atomic mass is 127. The summed E-state index contributed by atoms with van der Waals surface area (Å²) in [6.45, 7) is 5.53. The molecule has 0 bridgehead atoms. The summed E-state index contributed by atoms with van der Waals surface area (Å²) in [5.41, 5.74) is 0.902. The van der Waals surface area contributed by atoms with Gasteiger partial charge >= 0.3 is 0 Å². The number of hydrogen-bond donors (Lipinski definition) is 0. The number of aromatic nitrogens is 2. The van der Waals surface area contributed by atoms with E-state index in [0.717, 1.165) is 9.14 Å². The molecular formula is C19H23IN2O2S. The van der Waals surface area contributed by atoms with Crippen molar-refractivity contribution in [3.8, 4) is 0 Å². The number of rotatable bonds is 4. The number of Topliss-reactive ketones (excluding diaryl/α,β-unsaturated/α-hetero) is 1. The van der Waals surface area contributed by atoms with E-state index >= 15 is 0 Å². The van der Waals surface area contributed by atoms with Crippen LogP contribution in [0.5, 0.6) is 0 Å². The molecule has 1 aromatic carbocycles. The fraction of sp³-hybridized carbons (Fsp3) is 0.316. The van der Waals surface area contributed by atoms with Crippen LogP contribution in [0.3, 0.4) is 0 Å². The molecule has 0 unspecified atom stereocenters. The fourth-order valence-corrected chi connectivity index (χ4v) is 4.80. The third-order valence-corrected chi connectivity index (χ3v) is 6.06. The largest absolute Gasteiger partial charge is 0.293 e. The van der Waals surface area contributed by atoms with E-state index in [-0.39, 0.29) is 5.78 Å². The van der Waals surface area contributed by atoms with Crippen LogP contribution >= 0.6 is 22.6 Å². The van der Waals surface area contributed by atoms with Crippen LogP contribution in [0.2, 0.25) is 0 Å². The van der Waals surface area contributed by atoms with Gasteiger partial charge in [-0.25, -0.2) is 4.68 Å². The van der Waals surface area contributed by atoms with Gasteiger partial charge in [0.1, 0.15) is 0 Å². The smallest absolute Gasteiger partial charge is 0.178 e. The maximum absolute atomic E-state index is 13.2. The van der Waals surface area contributed by atoms with Crippen LogP contribution in [0.4, 0.5) is 0 Å². The zero-order chi connectivity index (χ0) is 18.8. The summed E-state index contributed by atoms with van der Waals surface area (Å²) in [5.74, 6) is -0.127. The minimum absolute atomic E-state index is 0.127. The number of benzene rings is 1. The van der Waals surface area contributed by atoms with Crippen molar-refractivity contribution < 1.29 is 9.00 Å². The van der Waals surface area contributed by atoms with Crippen molar-refractivity contribution in [2.45, 2.75) is 20.8 Å². The van der Waals surface area contributed by atoms with Gasteiger partial charge in [0, 0.05) is 33.9 Å². The Bertz CT molecular complexity index is 906. The zero-order valence-corrected chi connectivity index (χ0v) is 18.1. The molecular weight excluding hydrogens is 447 g/mol. The van der Waals surface area contributed by atoms with Crippen LogP contribution in [0.1, 0.15) is 26.3 Å². The Balaban J connectivity index is 2.89. The summed E-state index contributed by atoms with van der Waals surface area (Å²) in [5, 5.41) is 4.32. The predicted molar refractivity (Wildman–Crippen MR) is 115 cm³/mol. The summed E-state index contributed by atoms with van der Waals surface area (Å²) >= 11 is 2.21. The topological polar surface area (TPSA) is 52.0 Å². The van der Waals surface area contributed by atoms with Gasteiger partial charge in [0.05, 0.1) is 10.6 Å². The highest BCUT2D eigenvalue weighted by Gasteiger charge is 2.32. The van der Waals surface area contributed by atoms with Crippen LogP contribution in [0, 0.1) is 5.41 Å². The van der Waals surface area contributed by atoms with Crippen molar-refractivity contribution in [2.75, 3.05) is 12.5 Å². The lowest BCUT2D eigenvalue weighted by Gasteiger charge is -2.23. The molecule has 0 spiro atoms. The number of halogens is 1. The first-order valence-electron chi connectivity index (χ1n) is 7.85. The summed E-state index contributed by atoms with van der Waals surface area (Å²) in [7, 11) is -2.53. The minimum Gasteiger partial charge on any atom is -0.293 e. The van der Waals surface area contributed by atoms with Crippen LogP contribution in [-0.4, -0.2) is 37.1 Å². The fourth-order valence-electron chi connectivity index (χ4n) is 2.33. The maximum atomic E-state index is 13.2. The molecule has 25 heavy (non-hydrogen) atoms. The number of allylic oxidation sites excluding steroid dienone is 1. The van der Waals surface area contributed by atoms with Gasteiger partial charge in [-0.2, -0.15) is 5.10 Å². The normalized spacial score (nSPS) is 13.4. The number of ketones is 1. The number of nitrogens with zero attached hydrogens (tertiary/aromatic N) is 2. The average molecular weight is 470 g/mol. The molecule has 0 fully saturated rings. The first-order chi connectivity index (χ1) is 11.5. The van der Waals surface area contributed by atoms with Crippen molar-refractivity contribution in [1.82, 2.24) is 9.78 Å².